The lowest BCUT2D eigenvalue weighted by atomic mass is 10.1. The lowest BCUT2D eigenvalue weighted by molar-refractivity contribution is -0.385. The fourth-order valence-corrected chi connectivity index (χ4v) is 2.32. The number of fused-ring (bicyclic) bond motifs is 1. The number of hydrogen-bond donors (Lipinski definition) is 2. The van der Waals surface area contributed by atoms with Gasteiger partial charge in [-0.05, 0) is 23.8 Å². The molecule has 0 spiro atoms. The maximum Gasteiger partial charge on any atom is 0.282 e. The summed E-state index contributed by atoms with van der Waals surface area (Å²) in [5.41, 5.74) is 1.69. The third-order valence-electron chi connectivity index (χ3n) is 3.34. The molecule has 2 aromatic rings. The van der Waals surface area contributed by atoms with E-state index in [9.17, 15) is 19.7 Å². The Hall–Kier alpha value is -3.22. The molecule has 7 nitrogen and oxygen atoms in total. The van der Waals surface area contributed by atoms with Crippen LogP contribution in [0.25, 0.3) is 0 Å². The molecular formula is C15H11N3O4. The van der Waals surface area contributed by atoms with E-state index < -0.39 is 10.8 Å². The number of anilines is 2. The number of para-hydroxylation sites is 1. The highest BCUT2D eigenvalue weighted by Gasteiger charge is 2.21. The number of nitrogens with one attached hydrogen (secondary N) is 2. The smallest absolute Gasteiger partial charge is 0.282 e. The van der Waals surface area contributed by atoms with Crippen LogP contribution in [0.2, 0.25) is 0 Å². The molecule has 0 unspecified atom stereocenters. The molecule has 1 heterocycles. The SMILES string of the molecule is O=C1Cc2ccc(NC(=O)c3ccccc3[N+](=O)[O-])cc2N1. The first-order chi connectivity index (χ1) is 10.5. The molecule has 0 aromatic heterocycles. The second kappa shape index (κ2) is 5.28. The van der Waals surface area contributed by atoms with Crippen molar-refractivity contribution in [2.24, 2.45) is 0 Å². The molecule has 1 aliphatic rings. The van der Waals surface area contributed by atoms with Gasteiger partial charge in [0.15, 0.2) is 0 Å². The molecule has 0 saturated heterocycles. The quantitative estimate of drug-likeness (QED) is 0.670. The number of rotatable bonds is 3. The minimum Gasteiger partial charge on any atom is -0.325 e. The minimum atomic E-state index is -0.599. The van der Waals surface area contributed by atoms with Crippen LogP contribution in [-0.4, -0.2) is 16.7 Å². The molecule has 0 aliphatic carbocycles. The Morgan fingerprint density at radius 1 is 1.23 bits per heavy atom. The Labute approximate surface area is 125 Å². The van der Waals surface area contributed by atoms with E-state index in [0.717, 1.165) is 5.56 Å². The molecule has 22 heavy (non-hydrogen) atoms. The van der Waals surface area contributed by atoms with E-state index in [4.69, 9.17) is 0 Å². The summed E-state index contributed by atoms with van der Waals surface area (Å²) in [6.45, 7) is 0. The number of nitrogens with zero attached hydrogens (tertiary/aromatic N) is 1. The Bertz CT molecular complexity index is 801. The van der Waals surface area contributed by atoms with Gasteiger partial charge in [-0.15, -0.1) is 0 Å². The summed E-state index contributed by atoms with van der Waals surface area (Å²) >= 11 is 0. The van der Waals surface area contributed by atoms with Gasteiger partial charge in [0, 0.05) is 17.4 Å². The Morgan fingerprint density at radius 2 is 2.00 bits per heavy atom. The average molecular weight is 297 g/mol. The lowest BCUT2D eigenvalue weighted by Crippen LogP contribution is -2.14. The van der Waals surface area contributed by atoms with E-state index >= 15 is 0 Å². The number of benzene rings is 2. The summed E-state index contributed by atoms with van der Waals surface area (Å²) in [7, 11) is 0. The first-order valence-corrected chi connectivity index (χ1v) is 6.52. The lowest BCUT2D eigenvalue weighted by Gasteiger charge is -2.07. The predicted molar refractivity (Wildman–Crippen MR) is 79.8 cm³/mol. The van der Waals surface area contributed by atoms with Gasteiger partial charge in [-0.3, -0.25) is 19.7 Å². The highest BCUT2D eigenvalue weighted by molar-refractivity contribution is 6.08. The zero-order valence-electron chi connectivity index (χ0n) is 11.3. The predicted octanol–water partition coefficient (Wildman–Crippen LogP) is 2.34. The first kappa shape index (κ1) is 13.7. The summed E-state index contributed by atoms with van der Waals surface area (Å²) in [6.07, 6.45) is 0.313. The zero-order chi connectivity index (χ0) is 15.7. The second-order valence-electron chi connectivity index (χ2n) is 4.83. The van der Waals surface area contributed by atoms with E-state index in [1.165, 1.54) is 18.2 Å². The van der Waals surface area contributed by atoms with Gasteiger partial charge < -0.3 is 10.6 Å². The van der Waals surface area contributed by atoms with E-state index in [0.29, 0.717) is 17.8 Å². The van der Waals surface area contributed by atoms with Gasteiger partial charge in [0.1, 0.15) is 5.56 Å². The summed E-state index contributed by atoms with van der Waals surface area (Å²) in [6, 6.07) is 10.8. The van der Waals surface area contributed by atoms with Crippen LogP contribution in [0.5, 0.6) is 0 Å². The van der Waals surface area contributed by atoms with Crippen LogP contribution in [-0.2, 0) is 11.2 Å². The molecule has 0 radical (unpaired) electrons. The second-order valence-corrected chi connectivity index (χ2v) is 4.83. The molecule has 0 atom stereocenters. The average Bonchev–Trinajstić information content (AvgIpc) is 2.86. The highest BCUT2D eigenvalue weighted by atomic mass is 16.6. The number of carbonyl (C=O) groups excluding carboxylic acids is 2. The summed E-state index contributed by atoms with van der Waals surface area (Å²) in [5.74, 6) is -0.672. The van der Waals surface area contributed by atoms with E-state index in [1.54, 1.807) is 24.3 Å². The third kappa shape index (κ3) is 2.51. The molecule has 3 rings (SSSR count). The van der Waals surface area contributed by atoms with Gasteiger partial charge in [0.05, 0.1) is 11.3 Å². The third-order valence-corrected chi connectivity index (χ3v) is 3.34. The van der Waals surface area contributed by atoms with E-state index in [-0.39, 0.29) is 17.2 Å². The monoisotopic (exact) mass is 297 g/mol. The largest absolute Gasteiger partial charge is 0.325 e. The van der Waals surface area contributed by atoms with Crippen molar-refractivity contribution in [2.45, 2.75) is 6.42 Å². The topological polar surface area (TPSA) is 101 Å². The number of nitro groups is 1. The number of carbonyl (C=O) groups is 2. The van der Waals surface area contributed by atoms with Crippen LogP contribution >= 0.6 is 0 Å². The standard InChI is InChI=1S/C15H11N3O4/c19-14-7-9-5-6-10(8-12(9)17-14)16-15(20)11-3-1-2-4-13(11)18(21)22/h1-6,8H,7H2,(H,16,20)(H,17,19). The van der Waals surface area contributed by atoms with E-state index in [2.05, 4.69) is 10.6 Å². The fourth-order valence-electron chi connectivity index (χ4n) is 2.32. The van der Waals surface area contributed by atoms with Gasteiger partial charge in [-0.1, -0.05) is 18.2 Å². The number of amides is 2. The minimum absolute atomic E-state index is 0.0166. The molecule has 0 saturated carbocycles. The molecular weight excluding hydrogens is 286 g/mol. The fraction of sp³-hybridized carbons (Fsp3) is 0.0667. The van der Waals surface area contributed by atoms with Gasteiger partial charge in [-0.25, -0.2) is 0 Å². The van der Waals surface area contributed by atoms with Gasteiger partial charge in [0.25, 0.3) is 11.6 Å². The van der Waals surface area contributed by atoms with Crippen LogP contribution in [0.15, 0.2) is 42.5 Å². The number of nitro benzene ring substituents is 1. The van der Waals surface area contributed by atoms with Crippen LogP contribution in [0, 0.1) is 10.1 Å². The molecule has 2 aromatic carbocycles. The maximum absolute atomic E-state index is 12.2. The van der Waals surface area contributed by atoms with E-state index in [1.807, 2.05) is 0 Å². The van der Waals surface area contributed by atoms with Crippen molar-refractivity contribution >= 4 is 28.9 Å². The van der Waals surface area contributed by atoms with Crippen molar-refractivity contribution < 1.29 is 14.5 Å². The first-order valence-electron chi connectivity index (χ1n) is 6.52. The van der Waals surface area contributed by atoms with Crippen molar-refractivity contribution in [1.82, 2.24) is 0 Å². The molecule has 7 heteroatoms. The Kier molecular flexibility index (Phi) is 3.30. The van der Waals surface area contributed by atoms with Crippen molar-refractivity contribution in [3.63, 3.8) is 0 Å². The summed E-state index contributed by atoms with van der Waals surface area (Å²) in [4.78, 5) is 33.8. The van der Waals surface area contributed by atoms with Gasteiger partial charge in [0.2, 0.25) is 5.91 Å². The van der Waals surface area contributed by atoms with Crippen LogP contribution in [0.1, 0.15) is 15.9 Å². The highest BCUT2D eigenvalue weighted by Crippen LogP contribution is 2.27. The Morgan fingerprint density at radius 3 is 2.77 bits per heavy atom. The van der Waals surface area contributed by atoms with Gasteiger partial charge >= 0.3 is 0 Å². The van der Waals surface area contributed by atoms with Gasteiger partial charge in [-0.2, -0.15) is 0 Å². The normalized spacial score (nSPS) is 12.5. The van der Waals surface area contributed by atoms with Crippen LogP contribution in [0.4, 0.5) is 17.1 Å². The van der Waals surface area contributed by atoms with Crippen LogP contribution in [0.3, 0.4) is 0 Å². The van der Waals surface area contributed by atoms with Crippen LogP contribution < -0.4 is 10.6 Å². The molecule has 0 bridgehead atoms. The molecule has 2 amide bonds. The maximum atomic E-state index is 12.2. The molecule has 1 aliphatic heterocycles. The molecule has 2 N–H and O–H groups in total. The van der Waals surface area contributed by atoms with Crippen molar-refractivity contribution in [3.05, 3.63) is 63.7 Å². The van der Waals surface area contributed by atoms with Crippen molar-refractivity contribution in [3.8, 4) is 0 Å². The molecule has 110 valence electrons. The van der Waals surface area contributed by atoms with Crippen molar-refractivity contribution in [2.75, 3.05) is 10.6 Å². The van der Waals surface area contributed by atoms with Crippen molar-refractivity contribution in [1.29, 1.82) is 0 Å². The summed E-state index contributed by atoms with van der Waals surface area (Å²) in [5, 5.41) is 16.2. The summed E-state index contributed by atoms with van der Waals surface area (Å²) < 4.78 is 0. The Balaban J connectivity index is 1.85. The zero-order valence-corrected chi connectivity index (χ0v) is 11.3. The molecule has 0 fully saturated rings. The number of hydrogen-bond acceptors (Lipinski definition) is 4.